The van der Waals surface area contributed by atoms with Gasteiger partial charge in [-0.1, -0.05) is 60.7 Å². The molecule has 4 nitrogen and oxygen atoms in total. The molecule has 1 N–H and O–H groups in total. The summed E-state index contributed by atoms with van der Waals surface area (Å²) in [7, 11) is 0. The van der Waals surface area contributed by atoms with E-state index in [9.17, 15) is 9.90 Å². The zero-order valence-electron chi connectivity index (χ0n) is 12.6. The van der Waals surface area contributed by atoms with Gasteiger partial charge in [-0.05, 0) is 11.1 Å². The third-order valence-corrected chi connectivity index (χ3v) is 5.68. The zero-order chi connectivity index (χ0) is 15.8. The highest BCUT2D eigenvalue weighted by molar-refractivity contribution is 7.99. The number of carbonyl (C=O) groups excluding carboxylic acids is 1. The fourth-order valence-corrected chi connectivity index (χ4v) is 4.61. The number of rotatable bonds is 2. The Morgan fingerprint density at radius 1 is 0.957 bits per heavy atom. The molecule has 2 aromatic rings. The van der Waals surface area contributed by atoms with Gasteiger partial charge in [-0.25, -0.2) is 5.01 Å². The summed E-state index contributed by atoms with van der Waals surface area (Å²) in [6, 6.07) is 20.2. The first kappa shape index (κ1) is 14.8. The molecule has 2 aliphatic rings. The fourth-order valence-electron chi connectivity index (χ4n) is 3.36. The van der Waals surface area contributed by atoms with Crippen molar-refractivity contribution >= 4 is 17.7 Å². The number of benzene rings is 2. The van der Waals surface area contributed by atoms with Crippen LogP contribution in [0.3, 0.4) is 0 Å². The number of fused-ring (bicyclic) bond motifs is 1. The van der Waals surface area contributed by atoms with Crippen LogP contribution >= 0.6 is 11.8 Å². The van der Waals surface area contributed by atoms with Crippen molar-refractivity contribution in [3.8, 4) is 0 Å². The van der Waals surface area contributed by atoms with Crippen LogP contribution in [0.4, 0.5) is 0 Å². The first-order chi connectivity index (χ1) is 11.3. The minimum Gasteiger partial charge on any atom is -0.371 e. The first-order valence-electron chi connectivity index (χ1n) is 7.75. The lowest BCUT2D eigenvalue weighted by molar-refractivity contribution is -0.165. The second kappa shape index (κ2) is 6.00. The fraction of sp³-hybridized carbons (Fsp3) is 0.278. The largest absolute Gasteiger partial charge is 0.371 e. The van der Waals surface area contributed by atoms with Crippen LogP contribution in [0.2, 0.25) is 0 Å². The number of nitrogens with zero attached hydrogens (tertiary/aromatic N) is 2. The van der Waals surface area contributed by atoms with Gasteiger partial charge in [-0.15, -0.1) is 11.8 Å². The minimum atomic E-state index is -0.749. The van der Waals surface area contributed by atoms with Gasteiger partial charge in [-0.3, -0.25) is 4.79 Å². The maximum absolute atomic E-state index is 12.5. The second-order valence-corrected chi connectivity index (χ2v) is 6.94. The lowest BCUT2D eigenvalue weighted by atomic mass is 10.0. The Kier molecular flexibility index (Phi) is 3.85. The summed E-state index contributed by atoms with van der Waals surface area (Å²) < 4.78 is 0. The molecule has 2 saturated heterocycles. The molecule has 0 radical (unpaired) electrons. The van der Waals surface area contributed by atoms with Crippen molar-refractivity contribution in [2.45, 2.75) is 24.1 Å². The van der Waals surface area contributed by atoms with Crippen molar-refractivity contribution in [1.82, 2.24) is 10.0 Å². The molecule has 0 bridgehead atoms. The summed E-state index contributed by atoms with van der Waals surface area (Å²) >= 11 is 1.68. The van der Waals surface area contributed by atoms with Gasteiger partial charge < -0.3 is 5.11 Å². The van der Waals surface area contributed by atoms with Gasteiger partial charge in [-0.2, -0.15) is 5.01 Å². The average molecular weight is 326 g/mol. The highest BCUT2D eigenvalue weighted by Gasteiger charge is 2.48. The van der Waals surface area contributed by atoms with E-state index < -0.39 is 6.23 Å². The van der Waals surface area contributed by atoms with E-state index in [1.165, 1.54) is 0 Å². The second-order valence-electron chi connectivity index (χ2n) is 5.83. The molecule has 118 valence electrons. The number of hydrazine groups is 1. The van der Waals surface area contributed by atoms with Crippen LogP contribution in [-0.2, 0) is 4.79 Å². The van der Waals surface area contributed by atoms with E-state index in [2.05, 4.69) is 29.3 Å². The lowest BCUT2D eigenvalue weighted by Crippen LogP contribution is -2.52. The molecular formula is C18H18N2O2S. The van der Waals surface area contributed by atoms with Gasteiger partial charge in [0.15, 0.2) is 6.23 Å². The summed E-state index contributed by atoms with van der Waals surface area (Å²) in [5.74, 6) is 0.524. The van der Waals surface area contributed by atoms with Gasteiger partial charge in [0.05, 0.1) is 6.04 Å². The van der Waals surface area contributed by atoms with Crippen molar-refractivity contribution in [3.05, 3.63) is 71.8 Å². The van der Waals surface area contributed by atoms with Crippen molar-refractivity contribution in [2.75, 3.05) is 5.75 Å². The molecular weight excluding hydrogens is 308 g/mol. The Morgan fingerprint density at radius 2 is 1.57 bits per heavy atom. The Balaban J connectivity index is 1.76. The van der Waals surface area contributed by atoms with Crippen LogP contribution in [0.5, 0.6) is 0 Å². The topological polar surface area (TPSA) is 43.8 Å². The van der Waals surface area contributed by atoms with Crippen LogP contribution in [0.15, 0.2) is 60.7 Å². The van der Waals surface area contributed by atoms with E-state index >= 15 is 0 Å². The quantitative estimate of drug-likeness (QED) is 0.921. The van der Waals surface area contributed by atoms with Gasteiger partial charge in [0.25, 0.3) is 0 Å². The molecule has 0 unspecified atom stereocenters. The van der Waals surface area contributed by atoms with Crippen LogP contribution in [0, 0.1) is 0 Å². The van der Waals surface area contributed by atoms with Crippen LogP contribution in [0.1, 0.15) is 29.0 Å². The van der Waals surface area contributed by atoms with Crippen LogP contribution in [-0.4, -0.2) is 33.0 Å². The Hall–Kier alpha value is -1.82. The predicted octanol–water partition coefficient (Wildman–Crippen LogP) is 2.94. The molecule has 23 heavy (non-hydrogen) atoms. The maximum Gasteiger partial charge on any atom is 0.241 e. The minimum absolute atomic E-state index is 0.00687. The lowest BCUT2D eigenvalue weighted by Gasteiger charge is -2.44. The summed E-state index contributed by atoms with van der Waals surface area (Å²) in [4.78, 5) is 12.5. The van der Waals surface area contributed by atoms with Crippen molar-refractivity contribution in [2.24, 2.45) is 0 Å². The number of amides is 1. The first-order valence-corrected chi connectivity index (χ1v) is 8.80. The molecule has 3 atom stereocenters. The van der Waals surface area contributed by atoms with E-state index in [4.69, 9.17) is 0 Å². The summed E-state index contributed by atoms with van der Waals surface area (Å²) in [6.07, 6.45) is -0.341. The number of carbonyl (C=O) groups is 1. The summed E-state index contributed by atoms with van der Waals surface area (Å²) in [5, 5.41) is 14.0. The predicted molar refractivity (Wildman–Crippen MR) is 90.1 cm³/mol. The Labute approximate surface area is 139 Å². The van der Waals surface area contributed by atoms with Crippen molar-refractivity contribution in [3.63, 3.8) is 0 Å². The summed E-state index contributed by atoms with van der Waals surface area (Å²) in [6.45, 7) is 0. The summed E-state index contributed by atoms with van der Waals surface area (Å²) in [5.41, 5.74) is 2.27. The zero-order valence-corrected chi connectivity index (χ0v) is 13.4. The van der Waals surface area contributed by atoms with E-state index in [0.717, 1.165) is 11.1 Å². The van der Waals surface area contributed by atoms with Crippen LogP contribution in [0.25, 0.3) is 0 Å². The highest BCUT2D eigenvalue weighted by atomic mass is 32.2. The Bertz CT molecular complexity index is 695. The van der Waals surface area contributed by atoms with E-state index in [-0.39, 0.29) is 17.3 Å². The Morgan fingerprint density at radius 3 is 2.22 bits per heavy atom. The number of hydrogen-bond acceptors (Lipinski definition) is 4. The third kappa shape index (κ3) is 2.55. The highest BCUT2D eigenvalue weighted by Crippen LogP contribution is 2.48. The molecule has 0 saturated carbocycles. The third-order valence-electron chi connectivity index (χ3n) is 4.39. The molecule has 0 spiro atoms. The number of hydrogen-bond donors (Lipinski definition) is 1. The maximum atomic E-state index is 12.5. The molecule has 0 aliphatic carbocycles. The monoisotopic (exact) mass is 326 g/mol. The van der Waals surface area contributed by atoms with E-state index in [1.54, 1.807) is 16.8 Å². The van der Waals surface area contributed by atoms with Gasteiger partial charge in [0.1, 0.15) is 5.37 Å². The van der Waals surface area contributed by atoms with E-state index in [1.807, 2.05) is 36.4 Å². The van der Waals surface area contributed by atoms with Gasteiger partial charge >= 0.3 is 0 Å². The van der Waals surface area contributed by atoms with Crippen LogP contribution < -0.4 is 0 Å². The normalized spacial score (nSPS) is 28.0. The number of thioether (sulfide) groups is 1. The average Bonchev–Trinajstić information content (AvgIpc) is 2.95. The number of aliphatic hydroxyl groups excluding tert-OH is 1. The van der Waals surface area contributed by atoms with Gasteiger partial charge in [0.2, 0.25) is 5.91 Å². The van der Waals surface area contributed by atoms with Crippen molar-refractivity contribution in [1.29, 1.82) is 0 Å². The van der Waals surface area contributed by atoms with E-state index in [0.29, 0.717) is 12.2 Å². The molecule has 0 aromatic heterocycles. The molecule has 2 aliphatic heterocycles. The molecule has 5 heteroatoms. The smallest absolute Gasteiger partial charge is 0.241 e. The SMILES string of the molecule is O=C1C[C@@H](c2ccccc2)N2[C@@H](c3ccccc3)SC[C@@H](O)N12. The molecule has 2 fully saturated rings. The van der Waals surface area contributed by atoms with Crippen molar-refractivity contribution < 1.29 is 9.90 Å². The molecule has 4 rings (SSSR count). The molecule has 2 aromatic carbocycles. The number of aliphatic hydroxyl groups is 1. The molecule has 2 heterocycles. The van der Waals surface area contributed by atoms with Gasteiger partial charge in [0, 0.05) is 12.2 Å². The molecule has 1 amide bonds. The standard InChI is InChI=1S/C18H18N2O2S/c21-16-11-15(13-7-3-1-4-8-13)19-18(14-9-5-2-6-10-14)23-12-17(22)20(16)19/h1-10,15,17-18,22H,11-12H2/t15-,17+,18+/m0/s1.